The van der Waals surface area contributed by atoms with Gasteiger partial charge in [0.05, 0.1) is 0 Å². The summed E-state index contributed by atoms with van der Waals surface area (Å²) >= 11 is 0. The molecule has 1 aromatic carbocycles. The van der Waals surface area contributed by atoms with E-state index in [0.717, 1.165) is 19.0 Å². The predicted molar refractivity (Wildman–Crippen MR) is 74.1 cm³/mol. The lowest BCUT2D eigenvalue weighted by molar-refractivity contribution is 0.440. The van der Waals surface area contributed by atoms with Gasteiger partial charge in [0, 0.05) is 6.54 Å². The molecule has 1 atom stereocenters. The molecule has 0 fully saturated rings. The molecule has 17 heavy (non-hydrogen) atoms. The largest absolute Gasteiger partial charge is 0.312 e. The number of allylic oxidation sites excluding steroid dienone is 2. The molecule has 2 rings (SSSR count). The van der Waals surface area contributed by atoms with E-state index in [0.29, 0.717) is 0 Å². The van der Waals surface area contributed by atoms with Gasteiger partial charge in [0.2, 0.25) is 0 Å². The van der Waals surface area contributed by atoms with Gasteiger partial charge in [0.25, 0.3) is 0 Å². The standard InChI is InChI=1S/C16H23N/c1-13-8-9-16(10-14(13)2)12-17-11-15-6-4-3-5-7-15/h3-4,8-10,15,17H,5-7,11-12H2,1-2H3. The molecule has 1 nitrogen and oxygen atoms in total. The molecule has 0 aliphatic heterocycles. The Morgan fingerprint density at radius 2 is 2.06 bits per heavy atom. The minimum atomic E-state index is 0.839. The lowest BCUT2D eigenvalue weighted by Gasteiger charge is -2.18. The molecule has 0 radical (unpaired) electrons. The summed E-state index contributed by atoms with van der Waals surface area (Å²) in [7, 11) is 0. The molecule has 92 valence electrons. The van der Waals surface area contributed by atoms with E-state index in [4.69, 9.17) is 0 Å². The van der Waals surface area contributed by atoms with Crippen LogP contribution in [0.15, 0.2) is 30.4 Å². The van der Waals surface area contributed by atoms with Gasteiger partial charge in [0.15, 0.2) is 0 Å². The van der Waals surface area contributed by atoms with Crippen molar-refractivity contribution in [3.8, 4) is 0 Å². The molecule has 1 heteroatoms. The second-order valence-electron chi connectivity index (χ2n) is 5.20. The summed E-state index contributed by atoms with van der Waals surface area (Å²) in [6.07, 6.45) is 8.48. The van der Waals surface area contributed by atoms with Crippen LogP contribution in [0.25, 0.3) is 0 Å². The number of nitrogens with one attached hydrogen (secondary N) is 1. The highest BCUT2D eigenvalue weighted by Crippen LogP contribution is 2.17. The van der Waals surface area contributed by atoms with Gasteiger partial charge < -0.3 is 5.32 Å². The lowest BCUT2D eigenvalue weighted by Crippen LogP contribution is -2.23. The summed E-state index contributed by atoms with van der Waals surface area (Å²) < 4.78 is 0. The summed E-state index contributed by atoms with van der Waals surface area (Å²) in [5, 5.41) is 3.58. The van der Waals surface area contributed by atoms with Crippen LogP contribution < -0.4 is 5.32 Å². The fraction of sp³-hybridized carbons (Fsp3) is 0.500. The van der Waals surface area contributed by atoms with Crippen molar-refractivity contribution >= 4 is 0 Å². The van der Waals surface area contributed by atoms with Crippen molar-refractivity contribution < 1.29 is 0 Å². The van der Waals surface area contributed by atoms with Crippen LogP contribution in [-0.2, 0) is 6.54 Å². The Kier molecular flexibility index (Phi) is 4.38. The van der Waals surface area contributed by atoms with Crippen molar-refractivity contribution in [2.24, 2.45) is 5.92 Å². The zero-order chi connectivity index (χ0) is 12.1. The fourth-order valence-corrected chi connectivity index (χ4v) is 2.38. The van der Waals surface area contributed by atoms with Gasteiger partial charge in [0.1, 0.15) is 0 Å². The SMILES string of the molecule is Cc1ccc(CNCC2CC=CCC2)cc1C. The van der Waals surface area contributed by atoms with Crippen LogP contribution in [0, 0.1) is 19.8 Å². The average molecular weight is 229 g/mol. The van der Waals surface area contributed by atoms with E-state index in [1.54, 1.807) is 0 Å². The van der Waals surface area contributed by atoms with Crippen molar-refractivity contribution in [1.29, 1.82) is 0 Å². The first kappa shape index (κ1) is 12.4. The molecule has 0 amide bonds. The van der Waals surface area contributed by atoms with Crippen molar-refractivity contribution in [2.45, 2.75) is 39.7 Å². The Morgan fingerprint density at radius 1 is 1.18 bits per heavy atom. The monoisotopic (exact) mass is 229 g/mol. The Bertz CT molecular complexity index is 393. The van der Waals surface area contributed by atoms with Crippen LogP contribution in [0.3, 0.4) is 0 Å². The van der Waals surface area contributed by atoms with Gasteiger partial charge in [-0.25, -0.2) is 0 Å². The van der Waals surface area contributed by atoms with Crippen molar-refractivity contribution in [3.63, 3.8) is 0 Å². The highest BCUT2D eigenvalue weighted by Gasteiger charge is 2.08. The fourth-order valence-electron chi connectivity index (χ4n) is 2.38. The smallest absolute Gasteiger partial charge is 0.0205 e. The van der Waals surface area contributed by atoms with Crippen LogP contribution in [-0.4, -0.2) is 6.54 Å². The third-order valence-electron chi connectivity index (χ3n) is 3.71. The Balaban J connectivity index is 1.77. The first-order valence-corrected chi connectivity index (χ1v) is 6.67. The van der Waals surface area contributed by atoms with Gasteiger partial charge in [-0.1, -0.05) is 30.4 Å². The lowest BCUT2D eigenvalue weighted by atomic mass is 9.94. The summed E-state index contributed by atoms with van der Waals surface area (Å²) in [5.74, 6) is 0.839. The molecule has 0 aromatic heterocycles. The van der Waals surface area contributed by atoms with Gasteiger partial charge in [-0.2, -0.15) is 0 Å². The third kappa shape index (κ3) is 3.71. The van der Waals surface area contributed by atoms with Crippen molar-refractivity contribution in [2.75, 3.05) is 6.54 Å². The number of aryl methyl sites for hydroxylation is 2. The predicted octanol–water partition coefficient (Wildman–Crippen LogP) is 3.75. The molecule has 1 aliphatic carbocycles. The highest BCUT2D eigenvalue weighted by atomic mass is 14.9. The summed E-state index contributed by atoms with van der Waals surface area (Å²) in [4.78, 5) is 0. The summed E-state index contributed by atoms with van der Waals surface area (Å²) in [5.41, 5.74) is 4.18. The number of hydrogen-bond acceptors (Lipinski definition) is 1. The van der Waals surface area contributed by atoms with E-state index in [9.17, 15) is 0 Å². The quantitative estimate of drug-likeness (QED) is 0.775. The van der Waals surface area contributed by atoms with Crippen LogP contribution in [0.4, 0.5) is 0 Å². The second kappa shape index (κ2) is 6.02. The van der Waals surface area contributed by atoms with Crippen LogP contribution in [0.5, 0.6) is 0 Å². The molecule has 1 aromatic rings. The van der Waals surface area contributed by atoms with Crippen molar-refractivity contribution in [1.82, 2.24) is 5.32 Å². The summed E-state index contributed by atoms with van der Waals surface area (Å²) in [6.45, 7) is 6.50. The Labute approximate surface area is 105 Å². The van der Waals surface area contributed by atoms with E-state index in [1.165, 1.54) is 36.0 Å². The maximum atomic E-state index is 3.58. The molecular weight excluding hydrogens is 206 g/mol. The van der Waals surface area contributed by atoms with Crippen LogP contribution >= 0.6 is 0 Å². The molecular formula is C16H23N. The van der Waals surface area contributed by atoms with E-state index in [-0.39, 0.29) is 0 Å². The van der Waals surface area contributed by atoms with E-state index in [2.05, 4.69) is 49.5 Å². The first-order chi connectivity index (χ1) is 8.25. The number of hydrogen-bond donors (Lipinski definition) is 1. The topological polar surface area (TPSA) is 12.0 Å². The van der Waals surface area contributed by atoms with Crippen LogP contribution in [0.2, 0.25) is 0 Å². The number of rotatable bonds is 4. The molecule has 0 spiro atoms. The Hall–Kier alpha value is -1.08. The Morgan fingerprint density at radius 3 is 2.76 bits per heavy atom. The molecule has 0 saturated heterocycles. The molecule has 0 bridgehead atoms. The summed E-state index contributed by atoms with van der Waals surface area (Å²) in [6, 6.07) is 6.74. The minimum absolute atomic E-state index is 0.839. The van der Waals surface area contributed by atoms with Gasteiger partial charge >= 0.3 is 0 Å². The highest BCUT2D eigenvalue weighted by molar-refractivity contribution is 5.29. The maximum Gasteiger partial charge on any atom is 0.0205 e. The molecule has 1 aliphatic rings. The van der Waals surface area contributed by atoms with E-state index >= 15 is 0 Å². The second-order valence-corrected chi connectivity index (χ2v) is 5.20. The third-order valence-corrected chi connectivity index (χ3v) is 3.71. The first-order valence-electron chi connectivity index (χ1n) is 6.67. The average Bonchev–Trinajstić information content (AvgIpc) is 2.35. The normalized spacial score (nSPS) is 19.5. The zero-order valence-electron chi connectivity index (χ0n) is 11.0. The van der Waals surface area contributed by atoms with Gasteiger partial charge in [-0.05, 0) is 62.3 Å². The van der Waals surface area contributed by atoms with E-state index < -0.39 is 0 Å². The van der Waals surface area contributed by atoms with E-state index in [1.807, 2.05) is 0 Å². The molecule has 0 saturated carbocycles. The maximum absolute atomic E-state index is 3.58. The zero-order valence-corrected chi connectivity index (χ0v) is 11.0. The molecule has 1 unspecified atom stereocenters. The van der Waals surface area contributed by atoms with Gasteiger partial charge in [-0.3, -0.25) is 0 Å². The van der Waals surface area contributed by atoms with Gasteiger partial charge in [-0.15, -0.1) is 0 Å². The molecule has 0 heterocycles. The van der Waals surface area contributed by atoms with Crippen LogP contribution in [0.1, 0.15) is 36.0 Å². The minimum Gasteiger partial charge on any atom is -0.312 e. The molecule has 1 N–H and O–H groups in total. The van der Waals surface area contributed by atoms with Crippen molar-refractivity contribution in [3.05, 3.63) is 47.0 Å². The number of benzene rings is 1.